The van der Waals surface area contributed by atoms with E-state index in [1.54, 1.807) is 31.2 Å². The number of aryl methyl sites for hydroxylation is 1. The molecule has 2 aromatic carbocycles. The van der Waals surface area contributed by atoms with Gasteiger partial charge in [-0.05, 0) is 42.3 Å². The van der Waals surface area contributed by atoms with Crippen LogP contribution >= 0.6 is 0 Å². The van der Waals surface area contributed by atoms with Gasteiger partial charge in [-0.1, -0.05) is 29.4 Å². The van der Waals surface area contributed by atoms with Crippen molar-refractivity contribution >= 4 is 5.97 Å². The summed E-state index contributed by atoms with van der Waals surface area (Å²) in [6.07, 6.45) is 0. The molecule has 3 rings (SSSR count). The molecule has 0 bridgehead atoms. The monoisotopic (exact) mass is 304 g/mol. The van der Waals surface area contributed by atoms with E-state index in [1.807, 2.05) is 24.3 Å². The summed E-state index contributed by atoms with van der Waals surface area (Å²) >= 11 is 0. The molecule has 0 N–H and O–H groups in total. The molecule has 0 aliphatic heterocycles. The first-order valence-corrected chi connectivity index (χ1v) is 6.92. The van der Waals surface area contributed by atoms with Crippen molar-refractivity contribution in [3.8, 4) is 22.9 Å². The van der Waals surface area contributed by atoms with Crippen molar-refractivity contribution in [2.45, 2.75) is 6.92 Å². The number of benzene rings is 2. The fourth-order valence-electron chi connectivity index (χ4n) is 2.07. The van der Waals surface area contributed by atoms with Gasteiger partial charge in [0.1, 0.15) is 11.5 Å². The zero-order valence-electron chi connectivity index (χ0n) is 12.3. The van der Waals surface area contributed by atoms with E-state index in [0.29, 0.717) is 17.1 Å². The van der Waals surface area contributed by atoms with Crippen LogP contribution in [0.3, 0.4) is 0 Å². The van der Waals surface area contributed by atoms with Crippen LogP contribution in [0.4, 0.5) is 0 Å². The average molecular weight is 304 g/mol. The van der Waals surface area contributed by atoms with Gasteiger partial charge in [-0.25, -0.2) is 4.79 Å². The van der Waals surface area contributed by atoms with Crippen molar-refractivity contribution < 1.29 is 14.1 Å². The Bertz CT molecular complexity index is 872. The summed E-state index contributed by atoms with van der Waals surface area (Å²) in [5.41, 5.74) is 2.70. The fourth-order valence-corrected chi connectivity index (χ4v) is 2.07. The highest BCUT2D eigenvalue weighted by atomic mass is 16.5. The first kappa shape index (κ1) is 14.5. The molecule has 0 aliphatic carbocycles. The third-order valence-electron chi connectivity index (χ3n) is 3.25. The normalized spacial score (nSPS) is 10.1. The van der Waals surface area contributed by atoms with E-state index in [1.165, 1.54) is 6.07 Å². The fraction of sp³-hybridized carbons (Fsp3) is 0.0556. The lowest BCUT2D eigenvalue weighted by molar-refractivity contribution is 0.0724. The van der Waals surface area contributed by atoms with Crippen LogP contribution in [0.2, 0.25) is 0 Å². The van der Waals surface area contributed by atoms with Crippen molar-refractivity contribution in [2.75, 3.05) is 0 Å². The van der Waals surface area contributed by atoms with E-state index in [9.17, 15) is 4.79 Å². The van der Waals surface area contributed by atoms with Crippen molar-refractivity contribution in [1.29, 1.82) is 5.26 Å². The molecule has 0 unspecified atom stereocenters. The quantitative estimate of drug-likeness (QED) is 0.544. The van der Waals surface area contributed by atoms with Gasteiger partial charge in [0.05, 0.1) is 11.6 Å². The largest absolute Gasteiger partial charge is 0.422 e. The molecule has 112 valence electrons. The highest BCUT2D eigenvalue weighted by molar-refractivity contribution is 5.89. The maximum atomic E-state index is 11.9. The molecule has 5 heteroatoms. The highest BCUT2D eigenvalue weighted by Crippen LogP contribution is 2.23. The molecule has 0 atom stereocenters. The maximum Gasteiger partial charge on any atom is 0.365 e. The highest BCUT2D eigenvalue weighted by Gasteiger charge is 2.13. The van der Waals surface area contributed by atoms with Gasteiger partial charge in [-0.2, -0.15) is 5.26 Å². The van der Waals surface area contributed by atoms with Crippen LogP contribution in [-0.2, 0) is 0 Å². The van der Waals surface area contributed by atoms with E-state index in [4.69, 9.17) is 14.5 Å². The number of nitriles is 1. The topological polar surface area (TPSA) is 76.1 Å². The van der Waals surface area contributed by atoms with Crippen LogP contribution in [0.25, 0.3) is 11.1 Å². The van der Waals surface area contributed by atoms with Crippen LogP contribution in [0.15, 0.2) is 59.1 Å². The number of hydrogen-bond acceptors (Lipinski definition) is 5. The van der Waals surface area contributed by atoms with Crippen molar-refractivity contribution in [3.63, 3.8) is 0 Å². The second kappa shape index (κ2) is 6.16. The van der Waals surface area contributed by atoms with Crippen LogP contribution in [-0.4, -0.2) is 11.1 Å². The Balaban J connectivity index is 1.74. The lowest BCUT2D eigenvalue weighted by Crippen LogP contribution is -2.08. The van der Waals surface area contributed by atoms with Gasteiger partial charge in [0.2, 0.25) is 0 Å². The van der Waals surface area contributed by atoms with E-state index >= 15 is 0 Å². The van der Waals surface area contributed by atoms with Gasteiger partial charge in [0.25, 0.3) is 0 Å². The molecule has 1 aromatic heterocycles. The zero-order valence-corrected chi connectivity index (χ0v) is 12.3. The third-order valence-corrected chi connectivity index (χ3v) is 3.25. The Labute approximate surface area is 132 Å². The number of esters is 1. The summed E-state index contributed by atoms with van der Waals surface area (Å²) in [4.78, 5) is 11.9. The van der Waals surface area contributed by atoms with Crippen LogP contribution in [0.1, 0.15) is 21.8 Å². The van der Waals surface area contributed by atoms with Gasteiger partial charge in [0.15, 0.2) is 5.69 Å². The molecule has 23 heavy (non-hydrogen) atoms. The summed E-state index contributed by atoms with van der Waals surface area (Å²) in [7, 11) is 0. The second-order valence-corrected chi connectivity index (χ2v) is 4.93. The number of hydrogen-bond donors (Lipinski definition) is 0. The summed E-state index contributed by atoms with van der Waals surface area (Å²) < 4.78 is 10.1. The Morgan fingerprint density at radius 3 is 2.22 bits per heavy atom. The minimum atomic E-state index is -0.562. The van der Waals surface area contributed by atoms with Crippen LogP contribution in [0.5, 0.6) is 5.75 Å². The Morgan fingerprint density at radius 1 is 1.09 bits per heavy atom. The third kappa shape index (κ3) is 3.27. The maximum absolute atomic E-state index is 11.9. The first-order valence-electron chi connectivity index (χ1n) is 6.92. The Kier molecular flexibility index (Phi) is 3.89. The van der Waals surface area contributed by atoms with Gasteiger partial charge < -0.3 is 9.26 Å². The summed E-state index contributed by atoms with van der Waals surface area (Å²) in [5.74, 6) is 0.411. The SMILES string of the molecule is Cc1cc(C(=O)Oc2ccc(-c3ccc(C#N)cc3)cc2)no1. The first-order chi connectivity index (χ1) is 11.2. The standard InChI is InChI=1S/C18H12N2O3/c1-12-10-17(20-23-12)18(21)22-16-8-6-15(7-9-16)14-4-2-13(11-19)3-5-14/h2-10H,1H3. The Hall–Kier alpha value is -3.39. The second-order valence-electron chi connectivity index (χ2n) is 4.93. The molecule has 0 radical (unpaired) electrons. The van der Waals surface area contributed by atoms with Gasteiger partial charge in [-0.3, -0.25) is 0 Å². The minimum Gasteiger partial charge on any atom is -0.422 e. The molecule has 5 nitrogen and oxygen atoms in total. The molecule has 0 fully saturated rings. The van der Waals surface area contributed by atoms with Gasteiger partial charge in [-0.15, -0.1) is 0 Å². The van der Waals surface area contributed by atoms with Crippen LogP contribution < -0.4 is 4.74 Å². The lowest BCUT2D eigenvalue weighted by atomic mass is 10.0. The lowest BCUT2D eigenvalue weighted by Gasteiger charge is -2.05. The molecule has 0 aliphatic rings. The van der Waals surface area contributed by atoms with E-state index < -0.39 is 5.97 Å². The van der Waals surface area contributed by atoms with E-state index in [0.717, 1.165) is 11.1 Å². The van der Waals surface area contributed by atoms with Crippen LogP contribution in [0, 0.1) is 18.3 Å². The Morgan fingerprint density at radius 2 is 1.70 bits per heavy atom. The minimum absolute atomic E-state index is 0.138. The molecule has 0 saturated heterocycles. The van der Waals surface area contributed by atoms with Crippen molar-refractivity contribution in [3.05, 3.63) is 71.6 Å². The predicted molar refractivity (Wildman–Crippen MR) is 82.8 cm³/mol. The number of rotatable bonds is 3. The molecular formula is C18H12N2O3. The predicted octanol–water partition coefficient (Wildman–Crippen LogP) is 3.74. The van der Waals surface area contributed by atoms with E-state index in [-0.39, 0.29) is 5.69 Å². The van der Waals surface area contributed by atoms with Crippen molar-refractivity contribution in [2.24, 2.45) is 0 Å². The van der Waals surface area contributed by atoms with Gasteiger partial charge in [0, 0.05) is 6.07 Å². The number of ether oxygens (including phenoxy) is 1. The number of aromatic nitrogens is 1. The molecular weight excluding hydrogens is 292 g/mol. The summed E-state index contributed by atoms with van der Waals surface area (Å²) in [6.45, 7) is 1.70. The molecule has 1 heterocycles. The number of carbonyl (C=O) groups is 1. The smallest absolute Gasteiger partial charge is 0.365 e. The van der Waals surface area contributed by atoms with Crippen molar-refractivity contribution in [1.82, 2.24) is 5.16 Å². The summed E-state index contributed by atoms with van der Waals surface area (Å²) in [5, 5.41) is 12.4. The average Bonchev–Trinajstić information content (AvgIpc) is 3.02. The molecule has 0 amide bonds. The number of nitrogens with zero attached hydrogens (tertiary/aromatic N) is 2. The van der Waals surface area contributed by atoms with E-state index in [2.05, 4.69) is 11.2 Å². The molecule has 3 aromatic rings. The van der Waals surface area contributed by atoms with Gasteiger partial charge >= 0.3 is 5.97 Å². The number of carbonyl (C=O) groups excluding carboxylic acids is 1. The molecule has 0 saturated carbocycles. The zero-order chi connectivity index (χ0) is 16.2. The summed E-state index contributed by atoms with van der Waals surface area (Å²) in [6, 6.07) is 18.0. The molecule has 0 spiro atoms.